The van der Waals surface area contributed by atoms with Crippen LogP contribution in [0.4, 0.5) is 28.4 Å². The van der Waals surface area contributed by atoms with Crippen LogP contribution in [-0.2, 0) is 10.8 Å². The van der Waals surface area contributed by atoms with Crippen LogP contribution in [0.15, 0.2) is 212 Å². The molecular weight excluding hydrogens is 785 g/mol. The van der Waals surface area contributed by atoms with Crippen molar-refractivity contribution in [2.75, 3.05) is 16.8 Å². The summed E-state index contributed by atoms with van der Waals surface area (Å²) in [6.07, 6.45) is 0. The first kappa shape index (κ1) is 41.6. The minimum Gasteiger partial charge on any atom is -0.345 e. The molecule has 0 amide bonds. The zero-order valence-electron chi connectivity index (χ0n) is 38.6. The second-order valence-corrected chi connectivity index (χ2v) is 18.9. The largest absolute Gasteiger partial charge is 0.345 e. The van der Waals surface area contributed by atoms with Gasteiger partial charge in [0.2, 0.25) is 0 Å². The lowest BCUT2D eigenvalue weighted by atomic mass is 9.79. The van der Waals surface area contributed by atoms with Gasteiger partial charge < -0.3 is 9.80 Å². The lowest BCUT2D eigenvalue weighted by Gasteiger charge is -2.28. The molecule has 0 radical (unpaired) electrons. The van der Waals surface area contributed by atoms with Crippen molar-refractivity contribution in [2.24, 2.45) is 0 Å². The summed E-state index contributed by atoms with van der Waals surface area (Å²) in [6, 6.07) is 77.2. The van der Waals surface area contributed by atoms with E-state index < -0.39 is 0 Å². The van der Waals surface area contributed by atoms with Gasteiger partial charge in [0.15, 0.2) is 0 Å². The first-order chi connectivity index (χ1) is 31.5. The zero-order valence-corrected chi connectivity index (χ0v) is 38.6. The Balaban J connectivity index is 0.000000199. The molecular formula is C63H56N2. The molecule has 0 heterocycles. The first-order valence-corrected chi connectivity index (χ1v) is 22.9. The molecule has 2 aliphatic carbocycles. The molecule has 2 nitrogen and oxygen atoms in total. The number of hydrogen-bond acceptors (Lipinski definition) is 2. The molecule has 0 bridgehead atoms. The summed E-state index contributed by atoms with van der Waals surface area (Å²) in [7, 11) is 2.10. The fourth-order valence-electron chi connectivity index (χ4n) is 10.1. The van der Waals surface area contributed by atoms with E-state index in [4.69, 9.17) is 0 Å². The summed E-state index contributed by atoms with van der Waals surface area (Å²) in [4.78, 5) is 4.60. The summed E-state index contributed by atoms with van der Waals surface area (Å²) in [5.74, 6) is 0. The van der Waals surface area contributed by atoms with E-state index in [9.17, 15) is 0 Å². The molecule has 0 fully saturated rings. The van der Waals surface area contributed by atoms with Gasteiger partial charge in [0.05, 0.1) is 0 Å². The third-order valence-electron chi connectivity index (χ3n) is 13.9. The third-order valence-corrected chi connectivity index (χ3v) is 13.9. The highest BCUT2D eigenvalue weighted by Gasteiger charge is 2.41. The quantitative estimate of drug-likeness (QED) is 0.158. The predicted octanol–water partition coefficient (Wildman–Crippen LogP) is 17.2. The van der Waals surface area contributed by atoms with Crippen LogP contribution in [0.2, 0.25) is 0 Å². The Labute approximate surface area is 386 Å². The number of aryl methyl sites for hydroxylation is 2. The Bertz CT molecular complexity index is 3120. The van der Waals surface area contributed by atoms with Crippen molar-refractivity contribution in [3.8, 4) is 44.5 Å². The number of fused-ring (bicyclic) bond motifs is 6. The Morgan fingerprint density at radius 2 is 0.646 bits per heavy atom. The van der Waals surface area contributed by atoms with E-state index in [1.54, 1.807) is 0 Å². The number of nitrogens with zero attached hydrogens (tertiary/aromatic N) is 2. The van der Waals surface area contributed by atoms with Gasteiger partial charge in [-0.2, -0.15) is 0 Å². The topological polar surface area (TPSA) is 6.48 Å². The van der Waals surface area contributed by atoms with E-state index in [0.717, 1.165) is 11.4 Å². The lowest BCUT2D eigenvalue weighted by molar-refractivity contribution is 0.652. The summed E-state index contributed by atoms with van der Waals surface area (Å²) < 4.78 is 0. The van der Waals surface area contributed by atoms with Crippen LogP contribution in [0.1, 0.15) is 61.1 Å². The van der Waals surface area contributed by atoms with Gasteiger partial charge >= 0.3 is 0 Å². The predicted molar refractivity (Wildman–Crippen MR) is 278 cm³/mol. The van der Waals surface area contributed by atoms with Crippen molar-refractivity contribution in [1.29, 1.82) is 0 Å². The molecule has 0 atom stereocenters. The van der Waals surface area contributed by atoms with Crippen molar-refractivity contribution in [2.45, 2.75) is 52.4 Å². The standard InChI is InChI=1S/C43H37N.C20H19N/c1-28-15-19-31(20-16-28)44(32-21-17-30(18-22-32)29-11-7-6-8-12-29)33-23-24-35-37-27-40-36(26-41(37)43(4,5)39(35)25-33)34-13-9-10-14-38(34)42(40,2)3;1-16-8-12-19(13-9-16)21(2)20-14-10-18(11-15-20)17-6-4-3-5-7-17/h6-27H,1-5H3;3-15H,1-2H3. The van der Waals surface area contributed by atoms with Crippen LogP contribution >= 0.6 is 0 Å². The Morgan fingerprint density at radius 3 is 1.15 bits per heavy atom. The van der Waals surface area contributed by atoms with Gasteiger partial charge in [0.1, 0.15) is 0 Å². The van der Waals surface area contributed by atoms with Crippen molar-refractivity contribution in [3.63, 3.8) is 0 Å². The SMILES string of the molecule is Cc1ccc(N(C)c2ccc(-c3ccccc3)cc2)cc1.Cc1ccc(N(c2ccc(-c3ccccc3)cc2)c2ccc3c(c2)C(C)(C)c2cc4c(cc2-3)C(C)(C)c2ccccc2-4)cc1. The van der Waals surface area contributed by atoms with Gasteiger partial charge in [-0.1, -0.05) is 178 Å². The normalized spacial score (nSPS) is 13.4. The van der Waals surface area contributed by atoms with Crippen LogP contribution in [0.3, 0.4) is 0 Å². The average Bonchev–Trinajstić information content (AvgIpc) is 3.71. The molecule has 0 unspecified atom stereocenters. The summed E-state index contributed by atoms with van der Waals surface area (Å²) in [5.41, 5.74) is 24.4. The van der Waals surface area contributed by atoms with Crippen molar-refractivity contribution in [1.82, 2.24) is 0 Å². The Morgan fingerprint density at radius 1 is 0.292 bits per heavy atom. The fourth-order valence-corrected chi connectivity index (χ4v) is 10.1. The number of anilines is 5. The van der Waals surface area contributed by atoms with Crippen molar-refractivity contribution < 1.29 is 0 Å². The molecule has 11 rings (SSSR count). The maximum atomic E-state index is 2.50. The van der Waals surface area contributed by atoms with E-state index in [1.807, 2.05) is 6.07 Å². The molecule has 0 aromatic heterocycles. The molecule has 0 saturated carbocycles. The first-order valence-electron chi connectivity index (χ1n) is 22.9. The molecule has 0 saturated heterocycles. The van der Waals surface area contributed by atoms with Gasteiger partial charge in [-0.3, -0.25) is 0 Å². The van der Waals surface area contributed by atoms with Gasteiger partial charge in [-0.15, -0.1) is 0 Å². The highest BCUT2D eigenvalue weighted by atomic mass is 15.1. The third kappa shape index (κ3) is 7.64. The molecule has 2 aliphatic rings. The van der Waals surface area contributed by atoms with E-state index in [-0.39, 0.29) is 10.8 Å². The second kappa shape index (κ2) is 16.6. The van der Waals surface area contributed by atoms with Gasteiger partial charge in [-0.05, 0) is 153 Å². The Hall–Kier alpha value is -7.42. The van der Waals surface area contributed by atoms with E-state index in [1.165, 1.54) is 95.0 Å². The fraction of sp³-hybridized carbons (Fsp3) is 0.143. The van der Waals surface area contributed by atoms with Gasteiger partial charge in [0, 0.05) is 46.3 Å². The minimum absolute atomic E-state index is 0.0120. The lowest BCUT2D eigenvalue weighted by Crippen LogP contribution is -2.17. The molecule has 0 N–H and O–H groups in total. The van der Waals surface area contributed by atoms with Gasteiger partial charge in [-0.25, -0.2) is 0 Å². The highest BCUT2D eigenvalue weighted by Crippen LogP contribution is 2.56. The van der Waals surface area contributed by atoms with Crippen LogP contribution in [0.25, 0.3) is 44.5 Å². The van der Waals surface area contributed by atoms with E-state index in [2.05, 4.69) is 265 Å². The van der Waals surface area contributed by atoms with Crippen LogP contribution in [0, 0.1) is 13.8 Å². The van der Waals surface area contributed by atoms with Crippen LogP contribution in [-0.4, -0.2) is 7.05 Å². The molecule has 2 heteroatoms. The molecule has 65 heavy (non-hydrogen) atoms. The monoisotopic (exact) mass is 840 g/mol. The summed E-state index contributed by atoms with van der Waals surface area (Å²) >= 11 is 0. The van der Waals surface area contributed by atoms with Crippen molar-refractivity contribution in [3.05, 3.63) is 246 Å². The van der Waals surface area contributed by atoms with Crippen LogP contribution < -0.4 is 9.80 Å². The molecule has 9 aromatic carbocycles. The van der Waals surface area contributed by atoms with Crippen molar-refractivity contribution >= 4 is 28.4 Å². The number of rotatable bonds is 7. The zero-order chi connectivity index (χ0) is 44.9. The summed E-state index contributed by atoms with van der Waals surface area (Å²) in [5, 5.41) is 0. The average molecular weight is 841 g/mol. The number of benzene rings is 9. The van der Waals surface area contributed by atoms with E-state index in [0.29, 0.717) is 0 Å². The number of hydrogen-bond donors (Lipinski definition) is 0. The summed E-state index contributed by atoms with van der Waals surface area (Å²) in [6.45, 7) is 13.8. The Kier molecular flexibility index (Phi) is 10.6. The molecule has 9 aromatic rings. The second-order valence-electron chi connectivity index (χ2n) is 18.9. The van der Waals surface area contributed by atoms with Crippen LogP contribution in [0.5, 0.6) is 0 Å². The maximum Gasteiger partial charge on any atom is 0.0465 e. The molecule has 318 valence electrons. The maximum absolute atomic E-state index is 2.50. The molecule has 0 aliphatic heterocycles. The van der Waals surface area contributed by atoms with Gasteiger partial charge in [0.25, 0.3) is 0 Å². The van der Waals surface area contributed by atoms with E-state index >= 15 is 0 Å². The smallest absolute Gasteiger partial charge is 0.0465 e. The minimum atomic E-state index is -0.118. The molecule has 0 spiro atoms. The highest BCUT2D eigenvalue weighted by molar-refractivity contribution is 5.91.